The van der Waals surface area contributed by atoms with Gasteiger partial charge in [-0.1, -0.05) is 32.3 Å². The molecule has 0 saturated carbocycles. The van der Waals surface area contributed by atoms with Crippen LogP contribution in [0.25, 0.3) is 0 Å². The number of aryl methyl sites for hydroxylation is 1. The van der Waals surface area contributed by atoms with E-state index in [4.69, 9.17) is 4.52 Å². The van der Waals surface area contributed by atoms with Crippen molar-refractivity contribution in [1.29, 1.82) is 0 Å². The summed E-state index contributed by atoms with van der Waals surface area (Å²) >= 11 is 0. The van der Waals surface area contributed by atoms with Crippen LogP contribution < -0.4 is 5.32 Å². The lowest BCUT2D eigenvalue weighted by atomic mass is 9.76. The van der Waals surface area contributed by atoms with Crippen molar-refractivity contribution in [2.45, 2.75) is 85.2 Å². The minimum atomic E-state index is -0.401. The zero-order valence-corrected chi connectivity index (χ0v) is 16.7. The van der Waals surface area contributed by atoms with E-state index >= 15 is 0 Å². The van der Waals surface area contributed by atoms with Crippen LogP contribution in [0, 0.1) is 6.92 Å². The molecule has 0 aliphatic rings. The van der Waals surface area contributed by atoms with E-state index in [1.807, 2.05) is 13.8 Å². The number of carbonyl (C=O) groups excluding carboxylic acids is 1. The minimum Gasteiger partial charge on any atom is -0.360 e. The Bertz CT molecular complexity index is 551. The summed E-state index contributed by atoms with van der Waals surface area (Å²) in [5.41, 5.74) is 0.697. The lowest BCUT2D eigenvalue weighted by molar-refractivity contribution is 0.0335. The third-order valence-electron chi connectivity index (χ3n) is 5.47. The summed E-state index contributed by atoms with van der Waals surface area (Å²) in [7, 11) is 2.14. The number of nitrogens with zero attached hydrogens (tertiary/aromatic N) is 2. The monoisotopic (exact) mass is 337 g/mol. The number of rotatable bonds is 9. The van der Waals surface area contributed by atoms with Crippen molar-refractivity contribution in [3.8, 4) is 0 Å². The van der Waals surface area contributed by atoms with Gasteiger partial charge in [0.15, 0.2) is 5.69 Å². The Morgan fingerprint density at radius 3 is 2.29 bits per heavy atom. The molecule has 1 N–H and O–H groups in total. The predicted molar refractivity (Wildman–Crippen MR) is 98.4 cm³/mol. The summed E-state index contributed by atoms with van der Waals surface area (Å²) in [6, 6.07) is 0. The van der Waals surface area contributed by atoms with E-state index in [1.165, 1.54) is 0 Å². The lowest BCUT2D eigenvalue weighted by Gasteiger charge is -2.50. The fourth-order valence-corrected chi connectivity index (χ4v) is 3.44. The number of hydrogen-bond acceptors (Lipinski definition) is 4. The van der Waals surface area contributed by atoms with Crippen LogP contribution in [0.5, 0.6) is 0 Å². The van der Waals surface area contributed by atoms with Gasteiger partial charge in [0.2, 0.25) is 0 Å². The third-order valence-corrected chi connectivity index (χ3v) is 5.47. The van der Waals surface area contributed by atoms with Gasteiger partial charge in [-0.25, -0.2) is 0 Å². The SMILES string of the molecule is CCCN(C)C(C)(CCC)C(C)(C)NC(=O)c1noc(CC)c1C. The van der Waals surface area contributed by atoms with Gasteiger partial charge in [-0.2, -0.15) is 0 Å². The van der Waals surface area contributed by atoms with Gasteiger partial charge in [0.25, 0.3) is 5.91 Å². The van der Waals surface area contributed by atoms with Crippen molar-refractivity contribution in [2.75, 3.05) is 13.6 Å². The summed E-state index contributed by atoms with van der Waals surface area (Å²) in [5.74, 6) is 0.616. The molecule has 24 heavy (non-hydrogen) atoms. The van der Waals surface area contributed by atoms with E-state index in [-0.39, 0.29) is 11.4 Å². The zero-order valence-electron chi connectivity index (χ0n) is 16.7. The van der Waals surface area contributed by atoms with Gasteiger partial charge in [-0.3, -0.25) is 9.69 Å². The van der Waals surface area contributed by atoms with E-state index in [9.17, 15) is 4.79 Å². The van der Waals surface area contributed by atoms with E-state index in [1.54, 1.807) is 0 Å². The number of amides is 1. The van der Waals surface area contributed by atoms with Crippen molar-refractivity contribution in [3.63, 3.8) is 0 Å². The van der Waals surface area contributed by atoms with Gasteiger partial charge in [0.1, 0.15) is 5.76 Å². The molecule has 1 rings (SSSR count). The Morgan fingerprint density at radius 2 is 1.83 bits per heavy atom. The Balaban J connectivity index is 3.06. The Kier molecular flexibility index (Phi) is 7.02. The van der Waals surface area contributed by atoms with Crippen molar-refractivity contribution >= 4 is 5.91 Å². The molecular weight excluding hydrogens is 302 g/mol. The average molecular weight is 338 g/mol. The first-order valence-electron chi connectivity index (χ1n) is 9.13. The predicted octanol–water partition coefficient (Wildman–Crippen LogP) is 3.95. The Labute approximate surface area is 147 Å². The zero-order chi connectivity index (χ0) is 18.5. The largest absolute Gasteiger partial charge is 0.360 e. The Morgan fingerprint density at radius 1 is 1.21 bits per heavy atom. The van der Waals surface area contributed by atoms with Crippen LogP contribution in [0.15, 0.2) is 4.52 Å². The highest BCUT2D eigenvalue weighted by Crippen LogP contribution is 2.33. The van der Waals surface area contributed by atoms with Gasteiger partial charge in [0, 0.05) is 17.5 Å². The van der Waals surface area contributed by atoms with Crippen molar-refractivity contribution in [2.24, 2.45) is 0 Å². The molecule has 138 valence electrons. The first-order valence-corrected chi connectivity index (χ1v) is 9.13. The molecule has 5 heteroatoms. The smallest absolute Gasteiger partial charge is 0.274 e. The van der Waals surface area contributed by atoms with Crippen molar-refractivity contribution in [1.82, 2.24) is 15.4 Å². The number of aromatic nitrogens is 1. The molecule has 1 aromatic heterocycles. The highest BCUT2D eigenvalue weighted by Gasteiger charge is 2.44. The van der Waals surface area contributed by atoms with E-state index in [0.29, 0.717) is 5.69 Å². The fraction of sp³-hybridized carbons (Fsp3) is 0.789. The minimum absolute atomic E-state index is 0.140. The van der Waals surface area contributed by atoms with Crippen LogP contribution in [0.1, 0.15) is 82.6 Å². The van der Waals surface area contributed by atoms with Crippen molar-refractivity contribution in [3.05, 3.63) is 17.0 Å². The maximum absolute atomic E-state index is 12.8. The van der Waals surface area contributed by atoms with Crippen LogP contribution in [0.2, 0.25) is 0 Å². The maximum atomic E-state index is 12.8. The normalized spacial score (nSPS) is 14.7. The van der Waals surface area contributed by atoms with Gasteiger partial charge < -0.3 is 9.84 Å². The number of hydrogen-bond donors (Lipinski definition) is 1. The molecule has 0 radical (unpaired) electrons. The fourth-order valence-electron chi connectivity index (χ4n) is 3.44. The summed E-state index contributed by atoms with van der Waals surface area (Å²) in [4.78, 5) is 15.2. The maximum Gasteiger partial charge on any atom is 0.274 e. The molecule has 5 nitrogen and oxygen atoms in total. The summed E-state index contributed by atoms with van der Waals surface area (Å²) in [6.45, 7) is 15.7. The first-order chi connectivity index (χ1) is 11.1. The molecule has 1 unspecified atom stereocenters. The molecule has 0 saturated heterocycles. The second kappa shape index (κ2) is 8.15. The average Bonchev–Trinajstić information content (AvgIpc) is 2.87. The highest BCUT2D eigenvalue weighted by molar-refractivity contribution is 5.94. The second-order valence-electron chi connectivity index (χ2n) is 7.46. The molecule has 1 amide bonds. The molecule has 0 bridgehead atoms. The van der Waals surface area contributed by atoms with Crippen LogP contribution in [-0.2, 0) is 6.42 Å². The molecule has 1 aromatic rings. The summed E-state index contributed by atoms with van der Waals surface area (Å²) in [5, 5.41) is 7.19. The molecule has 0 aliphatic carbocycles. The number of likely N-dealkylation sites (N-methyl/N-ethyl adjacent to an activating group) is 1. The van der Waals surface area contributed by atoms with Crippen LogP contribution in [-0.4, -0.2) is 40.6 Å². The standard InChI is InChI=1S/C19H35N3O2/c1-9-12-19(7,22(8)13-10-2)18(5,6)20-17(23)16-14(4)15(11-3)24-21-16/h9-13H2,1-8H3,(H,20,23). The topological polar surface area (TPSA) is 58.4 Å². The first kappa shape index (κ1) is 20.7. The quantitative estimate of drug-likeness (QED) is 0.741. The lowest BCUT2D eigenvalue weighted by Crippen LogP contribution is -2.66. The molecule has 0 aromatic carbocycles. The second-order valence-corrected chi connectivity index (χ2v) is 7.46. The molecule has 0 fully saturated rings. The molecule has 0 aliphatic heterocycles. The van der Waals surface area contributed by atoms with Crippen molar-refractivity contribution < 1.29 is 9.32 Å². The molecule has 0 spiro atoms. The van der Waals surface area contributed by atoms with E-state index in [0.717, 1.165) is 43.6 Å². The number of carbonyl (C=O) groups is 1. The van der Waals surface area contributed by atoms with Crippen LogP contribution in [0.4, 0.5) is 0 Å². The highest BCUT2D eigenvalue weighted by atomic mass is 16.5. The van der Waals surface area contributed by atoms with Gasteiger partial charge in [-0.05, 0) is 54.1 Å². The van der Waals surface area contributed by atoms with Gasteiger partial charge >= 0.3 is 0 Å². The molecular formula is C19H35N3O2. The third kappa shape index (κ3) is 4.00. The molecule has 1 atom stereocenters. The van der Waals surface area contributed by atoms with E-state index in [2.05, 4.69) is 57.0 Å². The van der Waals surface area contributed by atoms with E-state index < -0.39 is 5.54 Å². The Hall–Kier alpha value is -1.36. The number of nitrogens with one attached hydrogen (secondary N) is 1. The molecule has 1 heterocycles. The summed E-state index contributed by atoms with van der Waals surface area (Å²) < 4.78 is 5.28. The van der Waals surface area contributed by atoms with Crippen LogP contribution in [0.3, 0.4) is 0 Å². The van der Waals surface area contributed by atoms with Gasteiger partial charge in [-0.15, -0.1) is 0 Å². The van der Waals surface area contributed by atoms with Crippen LogP contribution >= 0.6 is 0 Å². The van der Waals surface area contributed by atoms with Gasteiger partial charge in [0.05, 0.1) is 5.54 Å². The summed E-state index contributed by atoms with van der Waals surface area (Å²) in [6.07, 6.45) is 3.89.